The van der Waals surface area contributed by atoms with E-state index in [9.17, 15) is 4.79 Å². The van der Waals surface area contributed by atoms with Crippen molar-refractivity contribution < 1.29 is 14.3 Å². The molecule has 0 bridgehead atoms. The SMILES string of the molecule is CCOC(=O)C1(NCCOC)CCCN(C)C1. The van der Waals surface area contributed by atoms with Crippen molar-refractivity contribution in [2.75, 3.05) is 47.0 Å². The van der Waals surface area contributed by atoms with Gasteiger partial charge in [-0.2, -0.15) is 0 Å². The molecule has 5 heteroatoms. The zero-order valence-corrected chi connectivity index (χ0v) is 11.1. The van der Waals surface area contributed by atoms with Crippen LogP contribution in [0.25, 0.3) is 0 Å². The van der Waals surface area contributed by atoms with E-state index < -0.39 is 5.54 Å². The molecule has 0 radical (unpaired) electrons. The second-order valence-corrected chi connectivity index (χ2v) is 4.56. The molecule has 1 unspecified atom stereocenters. The van der Waals surface area contributed by atoms with E-state index in [4.69, 9.17) is 9.47 Å². The first-order valence-electron chi connectivity index (χ1n) is 6.24. The van der Waals surface area contributed by atoms with Gasteiger partial charge >= 0.3 is 5.97 Å². The lowest BCUT2D eigenvalue weighted by molar-refractivity contribution is -0.153. The summed E-state index contributed by atoms with van der Waals surface area (Å²) in [4.78, 5) is 14.3. The zero-order valence-electron chi connectivity index (χ0n) is 11.1. The van der Waals surface area contributed by atoms with Gasteiger partial charge in [-0.05, 0) is 33.4 Å². The van der Waals surface area contributed by atoms with Crippen LogP contribution in [0.4, 0.5) is 0 Å². The van der Waals surface area contributed by atoms with Crippen molar-refractivity contribution >= 4 is 5.97 Å². The highest BCUT2D eigenvalue weighted by Crippen LogP contribution is 2.22. The third-order valence-corrected chi connectivity index (χ3v) is 3.12. The molecular formula is C12H24N2O3. The number of nitrogens with zero attached hydrogens (tertiary/aromatic N) is 1. The minimum Gasteiger partial charge on any atom is -0.465 e. The quantitative estimate of drug-likeness (QED) is 0.536. The molecule has 0 spiro atoms. The van der Waals surface area contributed by atoms with E-state index in [1.807, 2.05) is 14.0 Å². The van der Waals surface area contributed by atoms with Gasteiger partial charge in [0.15, 0.2) is 0 Å². The summed E-state index contributed by atoms with van der Waals surface area (Å²) in [5, 5.41) is 3.31. The molecule has 0 aromatic rings. The van der Waals surface area contributed by atoms with Crippen LogP contribution in [-0.2, 0) is 14.3 Å². The van der Waals surface area contributed by atoms with Crippen molar-refractivity contribution in [3.05, 3.63) is 0 Å². The van der Waals surface area contributed by atoms with Crippen LogP contribution in [0.2, 0.25) is 0 Å². The standard InChI is InChI=1S/C12H24N2O3/c1-4-17-11(15)12(13-7-9-16-3)6-5-8-14(2)10-12/h13H,4-10H2,1-3H3. The minimum atomic E-state index is -0.554. The van der Waals surface area contributed by atoms with Gasteiger partial charge in [0, 0.05) is 20.2 Å². The summed E-state index contributed by atoms with van der Waals surface area (Å²) in [5.41, 5.74) is -0.554. The van der Waals surface area contributed by atoms with Crippen LogP contribution in [-0.4, -0.2) is 63.4 Å². The molecule has 0 aromatic heterocycles. The fourth-order valence-electron chi connectivity index (χ4n) is 2.31. The molecule has 1 atom stereocenters. The number of methoxy groups -OCH3 is 1. The summed E-state index contributed by atoms with van der Waals surface area (Å²) in [6.07, 6.45) is 1.84. The van der Waals surface area contributed by atoms with E-state index in [0.29, 0.717) is 26.3 Å². The smallest absolute Gasteiger partial charge is 0.327 e. The molecule has 0 amide bonds. The Morgan fingerprint density at radius 2 is 2.29 bits per heavy atom. The molecule has 17 heavy (non-hydrogen) atoms. The third-order valence-electron chi connectivity index (χ3n) is 3.12. The van der Waals surface area contributed by atoms with Crippen LogP contribution in [0.5, 0.6) is 0 Å². The molecule has 1 saturated heterocycles. The number of carbonyl (C=O) groups is 1. The van der Waals surface area contributed by atoms with E-state index in [1.54, 1.807) is 7.11 Å². The highest BCUT2D eigenvalue weighted by atomic mass is 16.5. The summed E-state index contributed by atoms with van der Waals surface area (Å²) >= 11 is 0. The molecule has 1 fully saturated rings. The van der Waals surface area contributed by atoms with Gasteiger partial charge in [0.2, 0.25) is 0 Å². The second-order valence-electron chi connectivity index (χ2n) is 4.56. The van der Waals surface area contributed by atoms with Gasteiger partial charge in [-0.25, -0.2) is 4.79 Å². The lowest BCUT2D eigenvalue weighted by atomic mass is 9.89. The van der Waals surface area contributed by atoms with Crippen LogP contribution in [0, 0.1) is 0 Å². The predicted octanol–water partition coefficient (Wildman–Crippen LogP) is 0.250. The molecule has 0 saturated carbocycles. The maximum Gasteiger partial charge on any atom is 0.327 e. The van der Waals surface area contributed by atoms with Crippen LogP contribution in [0.3, 0.4) is 0 Å². The van der Waals surface area contributed by atoms with Crippen LogP contribution >= 0.6 is 0 Å². The molecule has 1 rings (SSSR count). The number of nitrogens with one attached hydrogen (secondary N) is 1. The van der Waals surface area contributed by atoms with Crippen molar-refractivity contribution in [3.63, 3.8) is 0 Å². The fraction of sp³-hybridized carbons (Fsp3) is 0.917. The number of hydrogen-bond donors (Lipinski definition) is 1. The molecular weight excluding hydrogens is 220 g/mol. The van der Waals surface area contributed by atoms with Gasteiger partial charge < -0.3 is 14.4 Å². The number of carbonyl (C=O) groups excluding carboxylic acids is 1. The average molecular weight is 244 g/mol. The zero-order chi connectivity index (χ0) is 12.7. The van der Waals surface area contributed by atoms with Gasteiger partial charge in [0.25, 0.3) is 0 Å². The molecule has 1 aliphatic heterocycles. The topological polar surface area (TPSA) is 50.8 Å². The lowest BCUT2D eigenvalue weighted by Gasteiger charge is -2.40. The Kier molecular flexibility index (Phi) is 5.88. The summed E-state index contributed by atoms with van der Waals surface area (Å²) in [7, 11) is 3.69. The summed E-state index contributed by atoms with van der Waals surface area (Å²) in [6, 6.07) is 0. The fourth-order valence-corrected chi connectivity index (χ4v) is 2.31. The number of esters is 1. The summed E-state index contributed by atoms with van der Waals surface area (Å²) in [5.74, 6) is -0.136. The number of rotatable bonds is 6. The second kappa shape index (κ2) is 6.93. The van der Waals surface area contributed by atoms with E-state index >= 15 is 0 Å². The highest BCUT2D eigenvalue weighted by Gasteiger charge is 2.42. The first-order valence-corrected chi connectivity index (χ1v) is 6.24. The number of ether oxygens (including phenoxy) is 2. The van der Waals surface area contributed by atoms with Crippen molar-refractivity contribution in [1.82, 2.24) is 10.2 Å². The van der Waals surface area contributed by atoms with Crippen molar-refractivity contribution in [2.24, 2.45) is 0 Å². The number of hydrogen-bond acceptors (Lipinski definition) is 5. The van der Waals surface area contributed by atoms with Crippen LogP contribution in [0.1, 0.15) is 19.8 Å². The number of likely N-dealkylation sites (N-methyl/N-ethyl adjacent to an activating group) is 1. The molecule has 100 valence electrons. The summed E-state index contributed by atoms with van der Waals surface area (Å²) < 4.78 is 10.2. The van der Waals surface area contributed by atoms with E-state index in [-0.39, 0.29) is 5.97 Å². The monoisotopic (exact) mass is 244 g/mol. The van der Waals surface area contributed by atoms with Gasteiger partial charge in [-0.3, -0.25) is 5.32 Å². The first kappa shape index (κ1) is 14.4. The van der Waals surface area contributed by atoms with Gasteiger partial charge in [0.05, 0.1) is 13.2 Å². The Hall–Kier alpha value is -0.650. The van der Waals surface area contributed by atoms with E-state index in [2.05, 4.69) is 10.2 Å². The maximum atomic E-state index is 12.1. The van der Waals surface area contributed by atoms with Crippen molar-refractivity contribution in [1.29, 1.82) is 0 Å². The van der Waals surface area contributed by atoms with Crippen molar-refractivity contribution in [3.8, 4) is 0 Å². The van der Waals surface area contributed by atoms with Gasteiger partial charge in [-0.1, -0.05) is 0 Å². The van der Waals surface area contributed by atoms with Crippen molar-refractivity contribution in [2.45, 2.75) is 25.3 Å². The normalized spacial score (nSPS) is 25.8. The highest BCUT2D eigenvalue weighted by molar-refractivity contribution is 5.81. The van der Waals surface area contributed by atoms with E-state index in [1.165, 1.54) is 0 Å². The number of piperidine rings is 1. The summed E-state index contributed by atoms with van der Waals surface area (Å²) in [6.45, 7) is 5.28. The molecule has 5 nitrogen and oxygen atoms in total. The molecule has 1 aliphatic rings. The Morgan fingerprint density at radius 3 is 2.88 bits per heavy atom. The third kappa shape index (κ3) is 3.94. The van der Waals surface area contributed by atoms with Crippen LogP contribution in [0.15, 0.2) is 0 Å². The largest absolute Gasteiger partial charge is 0.465 e. The minimum absolute atomic E-state index is 0.136. The molecule has 1 heterocycles. The number of likely N-dealkylation sites (tertiary alicyclic amines) is 1. The first-order chi connectivity index (χ1) is 8.14. The lowest BCUT2D eigenvalue weighted by Crippen LogP contribution is -2.62. The Balaban J connectivity index is 2.65. The Morgan fingerprint density at radius 1 is 1.53 bits per heavy atom. The molecule has 0 aromatic carbocycles. The van der Waals surface area contributed by atoms with Crippen LogP contribution < -0.4 is 5.32 Å². The Labute approximate surface area is 103 Å². The van der Waals surface area contributed by atoms with E-state index in [0.717, 1.165) is 19.4 Å². The molecule has 0 aliphatic carbocycles. The predicted molar refractivity (Wildman–Crippen MR) is 66.0 cm³/mol. The maximum absolute atomic E-state index is 12.1. The average Bonchev–Trinajstić information content (AvgIpc) is 2.30. The van der Waals surface area contributed by atoms with Gasteiger partial charge in [-0.15, -0.1) is 0 Å². The molecule has 1 N–H and O–H groups in total. The Bertz CT molecular complexity index is 248. The van der Waals surface area contributed by atoms with Gasteiger partial charge in [0.1, 0.15) is 5.54 Å².